The van der Waals surface area contributed by atoms with Gasteiger partial charge in [0.25, 0.3) is 0 Å². The molecule has 0 aromatic carbocycles. The number of rotatable bonds is 9. The Labute approximate surface area is 202 Å². The van der Waals surface area contributed by atoms with Crippen LogP contribution in [0.5, 0.6) is 0 Å². The molecule has 3 unspecified atom stereocenters. The van der Waals surface area contributed by atoms with E-state index in [4.69, 9.17) is 5.11 Å². The Morgan fingerprint density at radius 2 is 0.677 bits per heavy atom. The molecule has 0 rings (SSSR count). The Bertz CT molecular complexity index is 442. The molecule has 0 aliphatic heterocycles. The molecule has 0 heterocycles. The van der Waals surface area contributed by atoms with Gasteiger partial charge in [-0.05, 0) is 40.0 Å². The maximum absolute atomic E-state index is 10.4. The summed E-state index contributed by atoms with van der Waals surface area (Å²) < 4.78 is 0. The Kier molecular flexibility index (Phi) is 31.4. The molecule has 0 saturated carbocycles. The van der Waals surface area contributed by atoms with Gasteiger partial charge in [0.15, 0.2) is 0 Å². The maximum Gasteiger partial charge on any atom is 4.00 e. The van der Waals surface area contributed by atoms with Crippen molar-refractivity contribution in [3.05, 3.63) is 0 Å². The van der Waals surface area contributed by atoms with Gasteiger partial charge in [0, 0.05) is 0 Å². The molecule has 31 heavy (non-hydrogen) atoms. The number of carbonyl (C=O) groups excluding carboxylic acids is 6. The number of carbonyl (C=O) groups is 6. The number of aliphatic carboxylic acids is 3. The molecule has 11 heteroatoms. The van der Waals surface area contributed by atoms with Gasteiger partial charge in [0.1, 0.15) is 17.3 Å². The van der Waals surface area contributed by atoms with Gasteiger partial charge in [0.05, 0.1) is 35.7 Å². The van der Waals surface area contributed by atoms with Crippen LogP contribution < -0.4 is 20.4 Å². The van der Waals surface area contributed by atoms with Gasteiger partial charge in [-0.15, -0.1) is 6.61 Å². The third-order valence-corrected chi connectivity index (χ3v) is 3.55. The van der Waals surface area contributed by atoms with Crippen LogP contribution in [-0.4, -0.2) is 41.9 Å². The van der Waals surface area contributed by atoms with E-state index in [-0.39, 0.29) is 50.2 Å². The van der Waals surface area contributed by atoms with Crippen molar-refractivity contribution < 1.29 is 75.4 Å². The molecule has 0 amide bonds. The number of carboxylic acid groups (broad SMARTS) is 3. The fourth-order valence-electron chi connectivity index (χ4n) is 1.86. The quantitative estimate of drug-likeness (QED) is 0.289. The predicted octanol–water partition coefficient (Wildman–Crippen LogP) is -2.58. The molecular formula is C20H32O10Zr. The minimum atomic E-state index is -1.27. The molecule has 10 nitrogen and oxygen atoms in total. The number of carboxylic acids is 3. The minimum absolute atomic E-state index is 0. The average Bonchev–Trinajstić information content (AvgIpc) is 2.56. The number of ketones is 3. The molecule has 176 valence electrons. The van der Waals surface area contributed by atoms with E-state index >= 15 is 0 Å². The van der Waals surface area contributed by atoms with Crippen LogP contribution in [0.4, 0.5) is 0 Å². The van der Waals surface area contributed by atoms with Gasteiger partial charge in [-0.25, -0.2) is 0 Å². The van der Waals surface area contributed by atoms with Crippen LogP contribution in [-0.2, 0) is 55.0 Å². The summed E-state index contributed by atoms with van der Waals surface area (Å²) in [6, 6.07) is 0. The van der Waals surface area contributed by atoms with E-state index in [2.05, 4.69) is 0 Å². The van der Waals surface area contributed by atoms with E-state index < -0.39 is 35.7 Å². The predicted molar refractivity (Wildman–Crippen MR) is 98.9 cm³/mol. The van der Waals surface area contributed by atoms with Crippen molar-refractivity contribution in [2.75, 3.05) is 6.61 Å². The molecule has 0 aromatic rings. The molecule has 0 N–H and O–H groups in total. The first-order valence-electron chi connectivity index (χ1n) is 9.41. The van der Waals surface area contributed by atoms with Crippen molar-refractivity contribution in [3.63, 3.8) is 0 Å². The summed E-state index contributed by atoms with van der Waals surface area (Å²) in [5, 5.41) is 39.1. The van der Waals surface area contributed by atoms with Crippen molar-refractivity contribution in [2.45, 2.75) is 67.7 Å². The summed E-state index contributed by atoms with van der Waals surface area (Å²) in [4.78, 5) is 61.3. The fourth-order valence-corrected chi connectivity index (χ4v) is 1.86. The van der Waals surface area contributed by atoms with Crippen LogP contribution in [0.2, 0.25) is 0 Å². The summed E-state index contributed by atoms with van der Waals surface area (Å²) in [7, 11) is 0. The third-order valence-electron chi connectivity index (χ3n) is 3.55. The van der Waals surface area contributed by atoms with Crippen molar-refractivity contribution in [1.29, 1.82) is 0 Å². The molecule has 0 saturated heterocycles. The molecule has 0 bridgehead atoms. The molecule has 0 fully saturated rings. The van der Waals surface area contributed by atoms with Crippen LogP contribution in [0.25, 0.3) is 0 Å². The topological polar surface area (TPSA) is 195 Å². The summed E-state index contributed by atoms with van der Waals surface area (Å²) >= 11 is 0. The molecular weight excluding hydrogens is 491 g/mol. The normalized spacial score (nSPS) is 11.6. The zero-order valence-electron chi connectivity index (χ0n) is 19.1. The van der Waals surface area contributed by atoms with Crippen LogP contribution in [0.3, 0.4) is 0 Å². The maximum atomic E-state index is 10.4. The number of Topliss-reactive ketones (excluding diaryl/α,β-unsaturated/α-hetero) is 3. The summed E-state index contributed by atoms with van der Waals surface area (Å²) in [6.45, 7) is 10.3. The van der Waals surface area contributed by atoms with Crippen LogP contribution in [0, 0.1) is 17.8 Å². The second-order valence-corrected chi connectivity index (χ2v) is 5.96. The van der Waals surface area contributed by atoms with E-state index in [1.165, 1.54) is 20.8 Å². The van der Waals surface area contributed by atoms with Crippen LogP contribution in [0.15, 0.2) is 0 Å². The Hall–Kier alpha value is -1.74. The van der Waals surface area contributed by atoms with Gasteiger partial charge in [-0.1, -0.05) is 27.7 Å². The van der Waals surface area contributed by atoms with Crippen LogP contribution >= 0.6 is 0 Å². The first-order chi connectivity index (χ1) is 13.7. The second kappa shape index (κ2) is 24.5. The number of hydrogen-bond donors (Lipinski definition) is 0. The van der Waals surface area contributed by atoms with Gasteiger partial charge < -0.3 is 34.8 Å². The third kappa shape index (κ3) is 24.4. The Balaban J connectivity index is -0.000000101. The molecule has 3 atom stereocenters. The van der Waals surface area contributed by atoms with Gasteiger partial charge in [-0.2, -0.15) is 0 Å². The van der Waals surface area contributed by atoms with E-state index in [9.17, 15) is 44.1 Å². The summed E-state index contributed by atoms with van der Waals surface area (Å²) in [5.74, 6) is -7.56. The zero-order chi connectivity index (χ0) is 25.0. The van der Waals surface area contributed by atoms with Crippen molar-refractivity contribution in [3.8, 4) is 0 Å². The van der Waals surface area contributed by atoms with E-state index in [0.717, 1.165) is 0 Å². The zero-order valence-corrected chi connectivity index (χ0v) is 21.6. The first-order valence-corrected chi connectivity index (χ1v) is 9.41. The molecule has 0 spiro atoms. The van der Waals surface area contributed by atoms with Gasteiger partial charge >= 0.3 is 26.2 Å². The Morgan fingerprint density at radius 3 is 0.677 bits per heavy atom. The van der Waals surface area contributed by atoms with Crippen molar-refractivity contribution in [2.24, 2.45) is 17.8 Å². The average molecular weight is 524 g/mol. The van der Waals surface area contributed by atoms with E-state index in [1.54, 1.807) is 27.7 Å². The summed E-state index contributed by atoms with van der Waals surface area (Å²) in [6.07, 6.45) is 0.951. The van der Waals surface area contributed by atoms with Gasteiger partial charge in [-0.3, -0.25) is 14.4 Å². The molecule has 0 aliphatic carbocycles. The Morgan fingerprint density at radius 1 is 0.548 bits per heavy atom. The number of hydrogen-bond acceptors (Lipinski definition) is 10. The standard InChI is InChI=1S/3C6H10O3.C2H5O.Zr/c3*1-3-5(4(2)7)6(8)9;1-2-3;/h3*5H,3H2,1-2H3,(H,8,9);2H2,1H3;/q;;;-1;+4/p-3. The van der Waals surface area contributed by atoms with E-state index in [0.29, 0.717) is 19.3 Å². The SMILES string of the molecule is CCC(C(C)=O)C(=O)[O-].CCC(C(C)=O)C(=O)[O-].CCC(C(C)=O)C(=O)[O-].CC[O-].[Zr+4]. The monoisotopic (exact) mass is 522 g/mol. The first kappa shape index (κ1) is 39.7. The molecule has 0 aromatic heterocycles. The molecule has 0 radical (unpaired) electrons. The van der Waals surface area contributed by atoms with Gasteiger partial charge in [0.2, 0.25) is 0 Å². The van der Waals surface area contributed by atoms with Crippen LogP contribution in [0.1, 0.15) is 67.7 Å². The van der Waals surface area contributed by atoms with E-state index in [1.807, 2.05) is 0 Å². The smallest absolute Gasteiger partial charge is 0.855 e. The summed E-state index contributed by atoms with van der Waals surface area (Å²) in [5.41, 5.74) is 0. The minimum Gasteiger partial charge on any atom is -0.855 e. The fraction of sp³-hybridized carbons (Fsp3) is 0.700. The van der Waals surface area contributed by atoms with Crippen molar-refractivity contribution in [1.82, 2.24) is 0 Å². The van der Waals surface area contributed by atoms with Crippen molar-refractivity contribution >= 4 is 35.3 Å². The second-order valence-electron chi connectivity index (χ2n) is 5.96. The molecule has 0 aliphatic rings. The largest absolute Gasteiger partial charge is 4.00 e.